The van der Waals surface area contributed by atoms with Gasteiger partial charge < -0.3 is 9.63 Å². The molecule has 0 aliphatic rings. The molecule has 1 unspecified atom stereocenters. The minimum Gasteiger partial charge on any atom is -0.468 e. The minimum atomic E-state index is -3.49. The van der Waals surface area contributed by atoms with Gasteiger partial charge in [-0.05, 0) is 5.92 Å². The highest BCUT2D eigenvalue weighted by Gasteiger charge is 2.32. The van der Waals surface area contributed by atoms with Crippen molar-refractivity contribution in [2.24, 2.45) is 5.92 Å². The Labute approximate surface area is 90.7 Å². The molecule has 0 aliphatic carbocycles. The quantitative estimate of drug-likeness (QED) is 0.558. The van der Waals surface area contributed by atoms with Crippen LogP contribution in [-0.2, 0) is 14.1 Å². The van der Waals surface area contributed by atoms with Gasteiger partial charge in [0.25, 0.3) is 7.52 Å². The van der Waals surface area contributed by atoms with Gasteiger partial charge in [0, 0.05) is 5.66 Å². The van der Waals surface area contributed by atoms with E-state index < -0.39 is 25.2 Å². The molecule has 0 aromatic rings. The molecular formula is C9H20NO4P. The molecule has 90 valence electrons. The van der Waals surface area contributed by atoms with E-state index in [0.29, 0.717) is 0 Å². The van der Waals surface area contributed by atoms with E-state index in [4.69, 9.17) is 0 Å². The standard InChI is InChI=1S/C9H20NO4P/c1-6(2)8(9(11)14-5)10-15(12,13)7(3)4/h6-8H,1-5H3,(H2,10,12,13)/t8-/m0/s1. The topological polar surface area (TPSA) is 75.6 Å². The number of rotatable bonds is 5. The van der Waals surface area contributed by atoms with Gasteiger partial charge in [-0.15, -0.1) is 0 Å². The van der Waals surface area contributed by atoms with Gasteiger partial charge in [-0.25, -0.2) is 5.09 Å². The maximum atomic E-state index is 11.7. The molecule has 0 amide bonds. The molecule has 0 saturated carbocycles. The van der Waals surface area contributed by atoms with Gasteiger partial charge in [-0.3, -0.25) is 9.36 Å². The maximum absolute atomic E-state index is 11.7. The number of esters is 1. The van der Waals surface area contributed by atoms with Crippen molar-refractivity contribution in [3.05, 3.63) is 0 Å². The van der Waals surface area contributed by atoms with E-state index in [9.17, 15) is 14.3 Å². The molecule has 0 fully saturated rings. The molecule has 0 aromatic heterocycles. The summed E-state index contributed by atoms with van der Waals surface area (Å²) in [4.78, 5) is 20.9. The van der Waals surface area contributed by atoms with Gasteiger partial charge in [0.15, 0.2) is 0 Å². The molecule has 0 bridgehead atoms. The van der Waals surface area contributed by atoms with E-state index in [-0.39, 0.29) is 5.92 Å². The van der Waals surface area contributed by atoms with E-state index in [1.54, 1.807) is 27.7 Å². The lowest BCUT2D eigenvalue weighted by Gasteiger charge is -2.25. The van der Waals surface area contributed by atoms with Crippen molar-refractivity contribution < 1.29 is 19.0 Å². The summed E-state index contributed by atoms with van der Waals surface area (Å²) in [6.45, 7) is 6.83. The molecular weight excluding hydrogens is 217 g/mol. The Morgan fingerprint density at radius 3 is 2.07 bits per heavy atom. The number of ether oxygens (including phenoxy) is 1. The highest BCUT2D eigenvalue weighted by Crippen LogP contribution is 2.42. The largest absolute Gasteiger partial charge is 0.468 e. The Morgan fingerprint density at radius 1 is 1.33 bits per heavy atom. The summed E-state index contributed by atoms with van der Waals surface area (Å²) in [5.74, 6) is -0.614. The Balaban J connectivity index is 4.70. The lowest BCUT2D eigenvalue weighted by atomic mass is 10.1. The van der Waals surface area contributed by atoms with Crippen molar-refractivity contribution in [1.29, 1.82) is 0 Å². The second-order valence-corrected chi connectivity index (χ2v) is 6.63. The van der Waals surface area contributed by atoms with Gasteiger partial charge in [0.2, 0.25) is 0 Å². The molecule has 6 heteroatoms. The average Bonchev–Trinajstić information content (AvgIpc) is 2.12. The van der Waals surface area contributed by atoms with E-state index in [2.05, 4.69) is 9.82 Å². The molecule has 0 radical (unpaired) electrons. The van der Waals surface area contributed by atoms with Crippen LogP contribution in [0, 0.1) is 5.92 Å². The average molecular weight is 237 g/mol. The molecule has 15 heavy (non-hydrogen) atoms. The number of methoxy groups -OCH3 is 1. The van der Waals surface area contributed by atoms with Crippen molar-refractivity contribution in [2.45, 2.75) is 39.4 Å². The van der Waals surface area contributed by atoms with Crippen LogP contribution in [0.1, 0.15) is 27.7 Å². The summed E-state index contributed by atoms with van der Waals surface area (Å²) in [6, 6.07) is -0.742. The molecule has 2 atom stereocenters. The molecule has 0 rings (SSSR count). The van der Waals surface area contributed by atoms with Gasteiger partial charge >= 0.3 is 5.97 Å². The van der Waals surface area contributed by atoms with E-state index >= 15 is 0 Å². The molecule has 0 saturated heterocycles. The first-order valence-electron chi connectivity index (χ1n) is 4.90. The summed E-state index contributed by atoms with van der Waals surface area (Å²) in [5, 5.41) is 2.48. The minimum absolute atomic E-state index is 0.100. The smallest absolute Gasteiger partial charge is 0.323 e. The maximum Gasteiger partial charge on any atom is 0.323 e. The molecule has 0 spiro atoms. The fourth-order valence-corrected chi connectivity index (χ4v) is 2.05. The summed E-state index contributed by atoms with van der Waals surface area (Å²) in [6.07, 6.45) is 0. The van der Waals surface area contributed by atoms with Gasteiger partial charge in [0.05, 0.1) is 7.11 Å². The number of nitrogens with one attached hydrogen (secondary N) is 1. The van der Waals surface area contributed by atoms with Crippen molar-refractivity contribution >= 4 is 13.5 Å². The monoisotopic (exact) mass is 237 g/mol. The highest BCUT2D eigenvalue weighted by molar-refractivity contribution is 7.56. The summed E-state index contributed by atoms with van der Waals surface area (Å²) >= 11 is 0. The Bertz CT molecular complexity index is 265. The molecule has 0 heterocycles. The normalized spacial score (nSPS) is 17.6. The molecule has 0 aliphatic heterocycles. The lowest BCUT2D eigenvalue weighted by Crippen LogP contribution is -2.41. The van der Waals surface area contributed by atoms with Crippen molar-refractivity contribution in [1.82, 2.24) is 5.09 Å². The van der Waals surface area contributed by atoms with Crippen molar-refractivity contribution in [2.75, 3.05) is 7.11 Å². The van der Waals surface area contributed by atoms with Gasteiger partial charge in [-0.2, -0.15) is 0 Å². The van der Waals surface area contributed by atoms with E-state index in [1.165, 1.54) is 7.11 Å². The van der Waals surface area contributed by atoms with Crippen molar-refractivity contribution in [3.63, 3.8) is 0 Å². The third-order valence-electron chi connectivity index (χ3n) is 2.15. The van der Waals surface area contributed by atoms with Crippen LogP contribution in [0.2, 0.25) is 0 Å². The first-order chi connectivity index (χ1) is 6.72. The number of hydrogen-bond acceptors (Lipinski definition) is 3. The second-order valence-electron chi connectivity index (χ2n) is 4.09. The van der Waals surface area contributed by atoms with Crippen LogP contribution in [0.5, 0.6) is 0 Å². The zero-order chi connectivity index (χ0) is 12.2. The van der Waals surface area contributed by atoms with E-state index in [1.807, 2.05) is 0 Å². The fourth-order valence-electron chi connectivity index (χ4n) is 0.949. The van der Waals surface area contributed by atoms with Crippen LogP contribution in [-0.4, -0.2) is 29.7 Å². The predicted molar refractivity (Wildman–Crippen MR) is 58.7 cm³/mol. The van der Waals surface area contributed by atoms with Crippen LogP contribution in [0.3, 0.4) is 0 Å². The van der Waals surface area contributed by atoms with Crippen LogP contribution in [0.4, 0.5) is 0 Å². The Hall–Kier alpha value is -0.380. The molecule has 2 N–H and O–H groups in total. The van der Waals surface area contributed by atoms with Gasteiger partial charge in [-0.1, -0.05) is 27.7 Å². The van der Waals surface area contributed by atoms with Crippen LogP contribution in [0.15, 0.2) is 0 Å². The number of carbonyl (C=O) groups excluding carboxylic acids is 1. The Morgan fingerprint density at radius 2 is 1.80 bits per heavy atom. The Kier molecular flexibility index (Phi) is 5.49. The summed E-state index contributed by atoms with van der Waals surface area (Å²) < 4.78 is 16.3. The van der Waals surface area contributed by atoms with Crippen LogP contribution in [0.25, 0.3) is 0 Å². The molecule has 5 nitrogen and oxygen atoms in total. The SMILES string of the molecule is COC(=O)[C@@H](NP(=O)(O)C(C)C)C(C)C. The third kappa shape index (κ3) is 4.33. The van der Waals surface area contributed by atoms with Crippen LogP contribution >= 0.6 is 7.52 Å². The number of carbonyl (C=O) groups is 1. The number of hydrogen-bond donors (Lipinski definition) is 2. The van der Waals surface area contributed by atoms with Crippen LogP contribution < -0.4 is 5.09 Å². The summed E-state index contributed by atoms with van der Waals surface area (Å²) in [7, 11) is -2.23. The second kappa shape index (κ2) is 5.64. The van der Waals surface area contributed by atoms with E-state index in [0.717, 1.165) is 0 Å². The zero-order valence-corrected chi connectivity index (χ0v) is 10.7. The zero-order valence-electron chi connectivity index (χ0n) is 9.85. The lowest BCUT2D eigenvalue weighted by molar-refractivity contribution is -0.143. The fraction of sp³-hybridized carbons (Fsp3) is 0.889. The first-order valence-corrected chi connectivity index (χ1v) is 6.63. The van der Waals surface area contributed by atoms with Gasteiger partial charge in [0.1, 0.15) is 6.04 Å². The first kappa shape index (κ1) is 14.6. The predicted octanol–water partition coefficient (Wildman–Crippen LogP) is 1.37. The third-order valence-corrected chi connectivity index (χ3v) is 4.19. The van der Waals surface area contributed by atoms with Crippen molar-refractivity contribution in [3.8, 4) is 0 Å². The molecule has 0 aromatic carbocycles. The highest BCUT2D eigenvalue weighted by atomic mass is 31.2. The summed E-state index contributed by atoms with van der Waals surface area (Å²) in [5.41, 5.74) is -0.427.